The molecule has 0 saturated heterocycles. The van der Waals surface area contributed by atoms with Gasteiger partial charge in [0.1, 0.15) is 0 Å². The van der Waals surface area contributed by atoms with Crippen molar-refractivity contribution in [3.05, 3.63) is 47.0 Å². The summed E-state index contributed by atoms with van der Waals surface area (Å²) in [5.41, 5.74) is 4.36. The molecule has 2 heteroatoms. The lowest BCUT2D eigenvalue weighted by atomic mass is 9.48. The normalized spacial score (nSPS) is 42.4. The van der Waals surface area contributed by atoms with Crippen LogP contribution < -0.4 is 0 Å². The number of aliphatic hydroxyl groups excluding tert-OH is 1. The number of ketones is 1. The summed E-state index contributed by atoms with van der Waals surface area (Å²) in [4.78, 5) is 12.1. The highest BCUT2D eigenvalue weighted by Gasteiger charge is 2.59. The maximum absolute atomic E-state index is 12.1. The molecule has 4 aliphatic rings. The monoisotopic (exact) mass is 378 g/mol. The topological polar surface area (TPSA) is 37.3 Å². The number of benzene rings is 1. The molecule has 1 aromatic carbocycles. The SMILES string of the molecule is CCc1ccc([C@H]2C[C@]3(C)[C@@H](O)CC[C@H]3[C@@H]3CCC4=CC(=O)CC[C@@H]4[C@H]32)cc1. The smallest absolute Gasteiger partial charge is 0.155 e. The van der Waals surface area contributed by atoms with Crippen molar-refractivity contribution in [1.29, 1.82) is 0 Å². The van der Waals surface area contributed by atoms with Gasteiger partial charge in [0.15, 0.2) is 5.78 Å². The molecule has 150 valence electrons. The van der Waals surface area contributed by atoms with Crippen LogP contribution in [0.3, 0.4) is 0 Å². The Hall–Kier alpha value is -1.41. The van der Waals surface area contributed by atoms with Crippen LogP contribution in [-0.4, -0.2) is 17.0 Å². The van der Waals surface area contributed by atoms with Gasteiger partial charge in [-0.2, -0.15) is 0 Å². The van der Waals surface area contributed by atoms with E-state index in [1.165, 1.54) is 29.5 Å². The molecule has 5 rings (SSSR count). The number of carbonyl (C=O) groups excluding carboxylic acids is 1. The second-order valence-corrected chi connectivity index (χ2v) is 10.2. The second kappa shape index (κ2) is 6.83. The summed E-state index contributed by atoms with van der Waals surface area (Å²) < 4.78 is 0. The molecule has 1 aromatic rings. The first kappa shape index (κ1) is 18.6. The van der Waals surface area contributed by atoms with Crippen LogP contribution in [0.2, 0.25) is 0 Å². The molecule has 0 aliphatic heterocycles. The molecule has 3 fully saturated rings. The van der Waals surface area contributed by atoms with E-state index in [0.29, 0.717) is 35.4 Å². The lowest BCUT2D eigenvalue weighted by Gasteiger charge is -2.57. The third-order valence-electron chi connectivity index (χ3n) is 9.07. The molecular weight excluding hydrogens is 344 g/mol. The standard InChI is InChI=1S/C26H34O2/c1-3-16-4-6-17(7-5-16)22-15-26(2)23(12-13-24(26)28)21-10-8-18-14-19(27)9-11-20(18)25(21)22/h4-7,14,20-25,28H,3,8-13,15H2,1-2H3/t20-,21-,22+,23-,24-,25+,26-/m0/s1. The maximum Gasteiger partial charge on any atom is 0.155 e. The van der Waals surface area contributed by atoms with E-state index >= 15 is 0 Å². The van der Waals surface area contributed by atoms with E-state index in [2.05, 4.69) is 38.1 Å². The van der Waals surface area contributed by atoms with Gasteiger partial charge in [-0.15, -0.1) is 0 Å². The summed E-state index contributed by atoms with van der Waals surface area (Å²) in [6.45, 7) is 4.58. The molecule has 0 bridgehead atoms. The fraction of sp³-hybridized carbons (Fsp3) is 0.654. The van der Waals surface area contributed by atoms with Gasteiger partial charge < -0.3 is 5.11 Å². The van der Waals surface area contributed by atoms with Crippen molar-refractivity contribution in [2.75, 3.05) is 0 Å². The Labute approximate surface area is 169 Å². The largest absolute Gasteiger partial charge is 0.393 e. The molecule has 0 aromatic heterocycles. The summed E-state index contributed by atoms with van der Waals surface area (Å²) in [6, 6.07) is 9.32. The molecule has 0 spiro atoms. The fourth-order valence-electron chi connectivity index (χ4n) is 7.62. The molecular formula is C26H34O2. The first-order chi connectivity index (χ1) is 13.5. The van der Waals surface area contributed by atoms with Crippen molar-refractivity contribution < 1.29 is 9.90 Å². The molecule has 1 N–H and O–H groups in total. The number of aryl methyl sites for hydroxylation is 1. The predicted octanol–water partition coefficient (Wildman–Crippen LogP) is 5.45. The van der Waals surface area contributed by atoms with Gasteiger partial charge in [-0.05, 0) is 97.2 Å². The minimum atomic E-state index is -0.152. The van der Waals surface area contributed by atoms with Crippen LogP contribution in [0.4, 0.5) is 0 Å². The lowest BCUT2D eigenvalue weighted by molar-refractivity contribution is -0.116. The van der Waals surface area contributed by atoms with Gasteiger partial charge >= 0.3 is 0 Å². The van der Waals surface area contributed by atoms with Crippen molar-refractivity contribution in [2.45, 2.75) is 77.2 Å². The fourth-order valence-corrected chi connectivity index (χ4v) is 7.62. The third-order valence-corrected chi connectivity index (χ3v) is 9.07. The molecule has 3 saturated carbocycles. The average molecular weight is 379 g/mol. The molecule has 0 amide bonds. The van der Waals surface area contributed by atoms with Gasteiger partial charge in [0.25, 0.3) is 0 Å². The second-order valence-electron chi connectivity index (χ2n) is 10.2. The Bertz CT molecular complexity index is 791. The first-order valence-electron chi connectivity index (χ1n) is 11.5. The van der Waals surface area contributed by atoms with Gasteiger partial charge in [0.05, 0.1) is 6.10 Å². The minimum absolute atomic E-state index is 0.0565. The van der Waals surface area contributed by atoms with Crippen molar-refractivity contribution in [3.63, 3.8) is 0 Å². The zero-order chi connectivity index (χ0) is 19.5. The van der Waals surface area contributed by atoms with Crippen molar-refractivity contribution in [2.24, 2.45) is 29.1 Å². The number of hydrogen-bond acceptors (Lipinski definition) is 2. The number of fused-ring (bicyclic) bond motifs is 5. The summed E-state index contributed by atoms with van der Waals surface area (Å²) in [6.07, 6.45) is 10.3. The van der Waals surface area contributed by atoms with Crippen LogP contribution in [0.5, 0.6) is 0 Å². The van der Waals surface area contributed by atoms with Crippen molar-refractivity contribution in [1.82, 2.24) is 0 Å². The Morgan fingerprint density at radius 1 is 1.04 bits per heavy atom. The lowest BCUT2D eigenvalue weighted by Crippen LogP contribution is -2.50. The molecule has 4 aliphatic carbocycles. The molecule has 0 unspecified atom stereocenters. The van der Waals surface area contributed by atoms with E-state index in [1.807, 2.05) is 6.08 Å². The van der Waals surface area contributed by atoms with Gasteiger partial charge in [-0.1, -0.05) is 43.7 Å². The first-order valence-corrected chi connectivity index (χ1v) is 11.5. The quantitative estimate of drug-likeness (QED) is 0.743. The molecule has 0 heterocycles. The minimum Gasteiger partial charge on any atom is -0.393 e. The van der Waals surface area contributed by atoms with E-state index in [-0.39, 0.29) is 11.5 Å². The summed E-state index contributed by atoms with van der Waals surface area (Å²) in [7, 11) is 0. The van der Waals surface area contributed by atoms with Crippen LogP contribution >= 0.6 is 0 Å². The number of hydrogen-bond donors (Lipinski definition) is 1. The van der Waals surface area contributed by atoms with Crippen LogP contribution in [0.15, 0.2) is 35.9 Å². The average Bonchev–Trinajstić information content (AvgIpc) is 3.01. The highest BCUT2D eigenvalue weighted by atomic mass is 16.3. The highest BCUT2D eigenvalue weighted by molar-refractivity contribution is 5.91. The Morgan fingerprint density at radius 2 is 1.82 bits per heavy atom. The Kier molecular flexibility index (Phi) is 4.54. The summed E-state index contributed by atoms with van der Waals surface area (Å²) in [5.74, 6) is 3.41. The van der Waals surface area contributed by atoms with E-state index in [9.17, 15) is 9.90 Å². The van der Waals surface area contributed by atoms with Gasteiger partial charge in [-0.25, -0.2) is 0 Å². The van der Waals surface area contributed by atoms with E-state index < -0.39 is 0 Å². The summed E-state index contributed by atoms with van der Waals surface area (Å²) in [5, 5.41) is 10.9. The van der Waals surface area contributed by atoms with Gasteiger partial charge in [0.2, 0.25) is 0 Å². The van der Waals surface area contributed by atoms with E-state index in [4.69, 9.17) is 0 Å². The Balaban J connectivity index is 1.58. The molecule has 7 atom stereocenters. The van der Waals surface area contributed by atoms with Crippen LogP contribution in [0.25, 0.3) is 0 Å². The maximum atomic E-state index is 12.1. The van der Waals surface area contributed by atoms with Gasteiger partial charge in [-0.3, -0.25) is 4.79 Å². The predicted molar refractivity (Wildman–Crippen MR) is 112 cm³/mol. The van der Waals surface area contributed by atoms with E-state index in [1.54, 1.807) is 0 Å². The zero-order valence-corrected chi connectivity index (χ0v) is 17.4. The van der Waals surface area contributed by atoms with Crippen LogP contribution in [0.1, 0.15) is 75.8 Å². The molecule has 2 nitrogen and oxygen atoms in total. The van der Waals surface area contributed by atoms with E-state index in [0.717, 1.165) is 38.5 Å². The van der Waals surface area contributed by atoms with Crippen LogP contribution in [0, 0.1) is 29.1 Å². The highest BCUT2D eigenvalue weighted by Crippen LogP contribution is 2.65. The Morgan fingerprint density at radius 3 is 2.57 bits per heavy atom. The molecule has 0 radical (unpaired) electrons. The van der Waals surface area contributed by atoms with Crippen molar-refractivity contribution in [3.8, 4) is 0 Å². The van der Waals surface area contributed by atoms with Gasteiger partial charge in [0, 0.05) is 6.42 Å². The van der Waals surface area contributed by atoms with Crippen molar-refractivity contribution >= 4 is 5.78 Å². The number of allylic oxidation sites excluding steroid dienone is 1. The number of rotatable bonds is 2. The number of aliphatic hydroxyl groups is 1. The molecule has 28 heavy (non-hydrogen) atoms. The zero-order valence-electron chi connectivity index (χ0n) is 17.4. The third kappa shape index (κ3) is 2.75. The van der Waals surface area contributed by atoms with Crippen LogP contribution in [-0.2, 0) is 11.2 Å². The summed E-state index contributed by atoms with van der Waals surface area (Å²) >= 11 is 0. The number of carbonyl (C=O) groups is 1.